The van der Waals surface area contributed by atoms with E-state index in [1.54, 1.807) is 12.5 Å². The molecule has 2 aromatic heterocycles. The molecular formula is C11H13N3O. The number of pyridine rings is 1. The first kappa shape index (κ1) is 9.58. The fourth-order valence-corrected chi connectivity index (χ4v) is 1.46. The first-order valence-electron chi connectivity index (χ1n) is 4.69. The Morgan fingerprint density at radius 2 is 2.20 bits per heavy atom. The van der Waals surface area contributed by atoms with Gasteiger partial charge in [-0.3, -0.25) is 0 Å². The summed E-state index contributed by atoms with van der Waals surface area (Å²) in [6.07, 6.45) is 4.01. The van der Waals surface area contributed by atoms with Crippen LogP contribution in [0.25, 0.3) is 0 Å². The monoisotopic (exact) mass is 203 g/mol. The summed E-state index contributed by atoms with van der Waals surface area (Å²) in [5.41, 5.74) is 14.0. The van der Waals surface area contributed by atoms with E-state index < -0.39 is 0 Å². The number of anilines is 2. The van der Waals surface area contributed by atoms with E-state index in [4.69, 9.17) is 15.9 Å². The minimum atomic E-state index is 0.371. The third kappa shape index (κ3) is 1.93. The summed E-state index contributed by atoms with van der Waals surface area (Å²) in [5.74, 6) is 1.25. The van der Waals surface area contributed by atoms with Crippen LogP contribution in [-0.2, 0) is 6.42 Å². The SMILES string of the molecule is Cc1coc(Cc2ccnc(N)c2N)c1. The summed E-state index contributed by atoms with van der Waals surface area (Å²) in [6.45, 7) is 1.98. The maximum Gasteiger partial charge on any atom is 0.146 e. The molecule has 2 aromatic rings. The number of rotatable bonds is 2. The van der Waals surface area contributed by atoms with Crippen molar-refractivity contribution in [2.24, 2.45) is 0 Å². The average Bonchev–Trinajstić information content (AvgIpc) is 2.59. The molecule has 78 valence electrons. The number of nitrogen functional groups attached to an aromatic ring is 2. The lowest BCUT2D eigenvalue weighted by atomic mass is 10.1. The number of nitrogens with zero attached hydrogens (tertiary/aromatic N) is 1. The van der Waals surface area contributed by atoms with Crippen LogP contribution in [0, 0.1) is 6.92 Å². The highest BCUT2D eigenvalue weighted by Gasteiger charge is 2.06. The van der Waals surface area contributed by atoms with E-state index in [9.17, 15) is 0 Å². The highest BCUT2D eigenvalue weighted by molar-refractivity contribution is 5.63. The molecule has 0 saturated heterocycles. The second-order valence-corrected chi connectivity index (χ2v) is 3.54. The van der Waals surface area contributed by atoms with Crippen molar-refractivity contribution < 1.29 is 4.42 Å². The standard InChI is InChI=1S/C11H13N3O/c1-7-4-9(15-6-7)5-8-2-3-14-11(13)10(8)12/h2-4,6H,5,12H2,1H3,(H2,13,14). The van der Waals surface area contributed by atoms with Crippen LogP contribution in [0.4, 0.5) is 11.5 Å². The van der Waals surface area contributed by atoms with Crippen LogP contribution in [0.3, 0.4) is 0 Å². The van der Waals surface area contributed by atoms with E-state index in [1.807, 2.05) is 19.1 Å². The fraction of sp³-hybridized carbons (Fsp3) is 0.182. The van der Waals surface area contributed by atoms with Crippen molar-refractivity contribution in [2.75, 3.05) is 11.5 Å². The van der Waals surface area contributed by atoms with Crippen molar-refractivity contribution in [1.29, 1.82) is 0 Å². The lowest BCUT2D eigenvalue weighted by Crippen LogP contribution is -2.02. The van der Waals surface area contributed by atoms with Gasteiger partial charge in [0.25, 0.3) is 0 Å². The Morgan fingerprint density at radius 3 is 2.87 bits per heavy atom. The molecule has 0 amide bonds. The molecular weight excluding hydrogens is 190 g/mol. The van der Waals surface area contributed by atoms with Gasteiger partial charge in [0.2, 0.25) is 0 Å². The van der Waals surface area contributed by atoms with Crippen LogP contribution in [0.1, 0.15) is 16.9 Å². The average molecular weight is 203 g/mol. The summed E-state index contributed by atoms with van der Waals surface area (Å²) >= 11 is 0. The van der Waals surface area contributed by atoms with Gasteiger partial charge in [-0.15, -0.1) is 0 Å². The zero-order valence-electron chi connectivity index (χ0n) is 8.53. The molecule has 0 radical (unpaired) electrons. The highest BCUT2D eigenvalue weighted by atomic mass is 16.3. The van der Waals surface area contributed by atoms with Crippen molar-refractivity contribution in [2.45, 2.75) is 13.3 Å². The van der Waals surface area contributed by atoms with Crippen LogP contribution in [0.5, 0.6) is 0 Å². The van der Waals surface area contributed by atoms with Gasteiger partial charge in [-0.05, 0) is 30.2 Å². The molecule has 2 rings (SSSR count). The second-order valence-electron chi connectivity index (χ2n) is 3.54. The van der Waals surface area contributed by atoms with Gasteiger partial charge in [0.1, 0.15) is 11.6 Å². The molecule has 0 aromatic carbocycles. The van der Waals surface area contributed by atoms with Crippen LogP contribution in [0.2, 0.25) is 0 Å². The Balaban J connectivity index is 2.28. The smallest absolute Gasteiger partial charge is 0.146 e. The first-order valence-corrected chi connectivity index (χ1v) is 4.69. The molecule has 4 heteroatoms. The van der Waals surface area contributed by atoms with Crippen LogP contribution < -0.4 is 11.5 Å². The third-order valence-corrected chi connectivity index (χ3v) is 2.26. The molecule has 0 fully saturated rings. The lowest BCUT2D eigenvalue weighted by Gasteiger charge is -2.04. The summed E-state index contributed by atoms with van der Waals surface area (Å²) in [7, 11) is 0. The Morgan fingerprint density at radius 1 is 1.40 bits per heavy atom. The number of furan rings is 1. The van der Waals surface area contributed by atoms with Gasteiger partial charge in [0, 0.05) is 12.6 Å². The van der Waals surface area contributed by atoms with Crippen molar-refractivity contribution in [3.63, 3.8) is 0 Å². The molecule has 4 nitrogen and oxygen atoms in total. The number of aryl methyl sites for hydroxylation is 1. The number of hydrogen-bond acceptors (Lipinski definition) is 4. The third-order valence-electron chi connectivity index (χ3n) is 2.26. The largest absolute Gasteiger partial charge is 0.469 e. The molecule has 4 N–H and O–H groups in total. The first-order chi connectivity index (χ1) is 7.16. The lowest BCUT2D eigenvalue weighted by molar-refractivity contribution is 0.520. The van der Waals surface area contributed by atoms with Gasteiger partial charge in [-0.2, -0.15) is 0 Å². The minimum absolute atomic E-state index is 0.371. The van der Waals surface area contributed by atoms with Crippen molar-refractivity contribution in [3.8, 4) is 0 Å². The van der Waals surface area contributed by atoms with Crippen molar-refractivity contribution in [1.82, 2.24) is 4.98 Å². The summed E-state index contributed by atoms with van der Waals surface area (Å²) < 4.78 is 5.35. The van der Waals surface area contributed by atoms with Gasteiger partial charge in [-0.25, -0.2) is 4.98 Å². The van der Waals surface area contributed by atoms with Crippen molar-refractivity contribution in [3.05, 3.63) is 41.5 Å². The van der Waals surface area contributed by atoms with Crippen LogP contribution in [0.15, 0.2) is 29.0 Å². The van der Waals surface area contributed by atoms with Crippen molar-refractivity contribution >= 4 is 11.5 Å². The Hall–Kier alpha value is -1.97. The van der Waals surface area contributed by atoms with E-state index in [0.717, 1.165) is 16.9 Å². The van der Waals surface area contributed by atoms with Crippen LogP contribution >= 0.6 is 0 Å². The van der Waals surface area contributed by atoms with Gasteiger partial charge >= 0.3 is 0 Å². The molecule has 2 heterocycles. The molecule has 0 bridgehead atoms. The zero-order valence-corrected chi connectivity index (χ0v) is 8.53. The zero-order chi connectivity index (χ0) is 10.8. The summed E-state index contributed by atoms with van der Waals surface area (Å²) in [5, 5.41) is 0. The van der Waals surface area contributed by atoms with Gasteiger partial charge in [-0.1, -0.05) is 0 Å². The Labute approximate surface area is 87.9 Å². The van der Waals surface area contributed by atoms with E-state index in [2.05, 4.69) is 4.98 Å². The summed E-state index contributed by atoms with van der Waals surface area (Å²) in [6, 6.07) is 3.83. The number of nitrogens with two attached hydrogens (primary N) is 2. The predicted molar refractivity (Wildman–Crippen MR) is 59.3 cm³/mol. The van der Waals surface area contributed by atoms with E-state index in [0.29, 0.717) is 17.9 Å². The molecule has 0 atom stereocenters. The normalized spacial score (nSPS) is 10.5. The molecule has 15 heavy (non-hydrogen) atoms. The van der Waals surface area contributed by atoms with Gasteiger partial charge in [0.15, 0.2) is 0 Å². The molecule has 0 saturated carbocycles. The van der Waals surface area contributed by atoms with E-state index in [-0.39, 0.29) is 0 Å². The topological polar surface area (TPSA) is 78.1 Å². The molecule has 0 aliphatic heterocycles. The number of aromatic nitrogens is 1. The Bertz CT molecular complexity index is 476. The maximum atomic E-state index is 5.81. The molecule has 0 aliphatic rings. The Kier molecular flexibility index (Phi) is 2.33. The van der Waals surface area contributed by atoms with Crippen LogP contribution in [-0.4, -0.2) is 4.98 Å². The molecule has 0 spiro atoms. The predicted octanol–water partition coefficient (Wildman–Crippen LogP) is 1.74. The molecule has 0 unspecified atom stereocenters. The van der Waals surface area contributed by atoms with E-state index in [1.165, 1.54) is 0 Å². The maximum absolute atomic E-state index is 5.81. The molecule has 0 aliphatic carbocycles. The quantitative estimate of drug-likeness (QED) is 0.779. The summed E-state index contributed by atoms with van der Waals surface area (Å²) in [4.78, 5) is 3.91. The second kappa shape index (κ2) is 3.65. The highest BCUT2D eigenvalue weighted by Crippen LogP contribution is 2.21. The minimum Gasteiger partial charge on any atom is -0.469 e. The fourth-order valence-electron chi connectivity index (χ4n) is 1.46. The van der Waals surface area contributed by atoms with E-state index >= 15 is 0 Å². The number of hydrogen-bond donors (Lipinski definition) is 2. The van der Waals surface area contributed by atoms with Gasteiger partial charge in [0.05, 0.1) is 12.0 Å². The van der Waals surface area contributed by atoms with Gasteiger partial charge < -0.3 is 15.9 Å².